The van der Waals surface area contributed by atoms with Gasteiger partial charge in [0.05, 0.1) is 5.69 Å². The predicted molar refractivity (Wildman–Crippen MR) is 98.2 cm³/mol. The highest BCUT2D eigenvalue weighted by Crippen LogP contribution is 2.35. The minimum absolute atomic E-state index is 0.333. The average molecular weight is 358 g/mol. The molecule has 0 radical (unpaired) electrons. The van der Waals surface area contributed by atoms with Crippen molar-refractivity contribution in [3.05, 3.63) is 101 Å². The van der Waals surface area contributed by atoms with Crippen LogP contribution in [-0.2, 0) is 4.74 Å². The van der Waals surface area contributed by atoms with E-state index in [-0.39, 0.29) is 5.82 Å². The van der Waals surface area contributed by atoms with Crippen molar-refractivity contribution < 1.29 is 13.9 Å². The number of amides is 1. The summed E-state index contributed by atoms with van der Waals surface area (Å²) >= 11 is 0. The number of carbonyl (C=O) groups is 1. The molecule has 0 bridgehead atoms. The fourth-order valence-electron chi connectivity index (χ4n) is 2.95. The van der Waals surface area contributed by atoms with Gasteiger partial charge in [0.25, 0.3) is 0 Å². The molecule has 0 spiro atoms. The van der Waals surface area contributed by atoms with E-state index in [1.54, 1.807) is 18.2 Å². The summed E-state index contributed by atoms with van der Waals surface area (Å²) in [6, 6.07) is 20.6. The minimum Gasteiger partial charge on any atom is -0.439 e. The molecule has 2 atom stereocenters. The maximum atomic E-state index is 13.3. The van der Waals surface area contributed by atoms with Crippen LogP contribution in [0.3, 0.4) is 0 Å². The van der Waals surface area contributed by atoms with Crippen LogP contribution in [0.25, 0.3) is 0 Å². The topological polar surface area (TPSA) is 51.2 Å². The van der Waals surface area contributed by atoms with Crippen molar-refractivity contribution in [1.29, 1.82) is 0 Å². The number of alkyl carbamates (subject to hydrolysis) is 1. The van der Waals surface area contributed by atoms with Crippen LogP contribution in [0.15, 0.2) is 72.8 Å². The van der Waals surface area contributed by atoms with Crippen molar-refractivity contribution in [2.75, 3.05) is 0 Å². The maximum absolute atomic E-state index is 13.3. The molecule has 3 aromatic rings. The highest BCUT2D eigenvalue weighted by atomic mass is 19.1. The standard InChI is InChI=1S/C22H15FN2O2/c23-17-9-4-6-15(14-17)12-13-18-10-5-11-19(24-18)20-21(27-22(26)25-20)16-7-2-1-3-8-16/h1-11,14,20-21H,(H,25,26)/t20-,21-/m0/s1. The smallest absolute Gasteiger partial charge is 0.408 e. The molecule has 132 valence electrons. The summed E-state index contributed by atoms with van der Waals surface area (Å²) in [5.74, 6) is 5.50. The highest BCUT2D eigenvalue weighted by molar-refractivity contribution is 5.71. The van der Waals surface area contributed by atoms with E-state index >= 15 is 0 Å². The lowest BCUT2D eigenvalue weighted by atomic mass is 10.00. The number of ether oxygens (including phenoxy) is 1. The molecular weight excluding hydrogens is 343 g/mol. The van der Waals surface area contributed by atoms with E-state index in [0.29, 0.717) is 17.0 Å². The normalized spacial score (nSPS) is 18.2. The Hall–Kier alpha value is -3.65. The molecule has 1 aliphatic rings. The number of pyridine rings is 1. The molecule has 0 aliphatic carbocycles. The summed E-state index contributed by atoms with van der Waals surface area (Å²) in [5.41, 5.74) is 2.64. The van der Waals surface area contributed by atoms with Gasteiger partial charge in [0.1, 0.15) is 17.6 Å². The molecule has 5 heteroatoms. The average Bonchev–Trinajstić information content (AvgIpc) is 3.09. The van der Waals surface area contributed by atoms with E-state index in [1.807, 2.05) is 42.5 Å². The Morgan fingerprint density at radius 2 is 1.78 bits per heavy atom. The van der Waals surface area contributed by atoms with Gasteiger partial charge in [0.15, 0.2) is 6.10 Å². The first kappa shape index (κ1) is 16.8. The third-order valence-corrected chi connectivity index (χ3v) is 4.19. The molecule has 4 rings (SSSR count). The largest absolute Gasteiger partial charge is 0.439 e. The van der Waals surface area contributed by atoms with Crippen LogP contribution in [0.1, 0.15) is 34.7 Å². The molecule has 1 fully saturated rings. The third-order valence-electron chi connectivity index (χ3n) is 4.19. The van der Waals surface area contributed by atoms with E-state index in [1.165, 1.54) is 12.1 Å². The Bertz CT molecular complexity index is 1040. The van der Waals surface area contributed by atoms with Gasteiger partial charge in [-0.1, -0.05) is 48.4 Å². The molecule has 0 saturated carbocycles. The minimum atomic E-state index is -0.480. The second kappa shape index (κ2) is 7.30. The van der Waals surface area contributed by atoms with Crippen molar-refractivity contribution in [2.24, 2.45) is 0 Å². The number of rotatable bonds is 2. The van der Waals surface area contributed by atoms with Gasteiger partial charge in [-0.15, -0.1) is 0 Å². The lowest BCUT2D eigenvalue weighted by molar-refractivity contribution is 0.132. The first-order valence-corrected chi connectivity index (χ1v) is 8.46. The van der Waals surface area contributed by atoms with Crippen LogP contribution in [0.2, 0.25) is 0 Å². The highest BCUT2D eigenvalue weighted by Gasteiger charge is 2.37. The molecule has 27 heavy (non-hydrogen) atoms. The molecule has 2 aromatic carbocycles. The lowest BCUT2D eigenvalue weighted by Crippen LogP contribution is -2.20. The Balaban J connectivity index is 1.63. The zero-order chi connectivity index (χ0) is 18.6. The Kier molecular flexibility index (Phi) is 4.54. The maximum Gasteiger partial charge on any atom is 0.408 e. The Labute approximate surface area is 156 Å². The van der Waals surface area contributed by atoms with Crippen molar-refractivity contribution >= 4 is 6.09 Å². The SMILES string of the molecule is O=C1N[C@@H](c2cccc(C#Cc3cccc(F)c3)n2)[C@H](c2ccccc2)O1. The van der Waals surface area contributed by atoms with Crippen LogP contribution in [0, 0.1) is 17.7 Å². The molecular formula is C22H15FN2O2. The Morgan fingerprint density at radius 1 is 0.963 bits per heavy atom. The number of halogens is 1. The van der Waals surface area contributed by atoms with Gasteiger partial charge in [-0.05, 0) is 41.8 Å². The van der Waals surface area contributed by atoms with E-state index in [9.17, 15) is 9.18 Å². The predicted octanol–water partition coefficient (Wildman–Crippen LogP) is 4.14. The molecule has 1 aromatic heterocycles. The van der Waals surface area contributed by atoms with Gasteiger partial charge in [-0.2, -0.15) is 0 Å². The molecule has 1 N–H and O–H groups in total. The second-order valence-electron chi connectivity index (χ2n) is 6.07. The number of nitrogens with zero attached hydrogens (tertiary/aromatic N) is 1. The number of carbonyl (C=O) groups excluding carboxylic acids is 1. The fraction of sp³-hybridized carbons (Fsp3) is 0.0909. The van der Waals surface area contributed by atoms with Crippen LogP contribution in [-0.4, -0.2) is 11.1 Å². The van der Waals surface area contributed by atoms with E-state index in [0.717, 1.165) is 5.56 Å². The second-order valence-corrected chi connectivity index (χ2v) is 6.07. The van der Waals surface area contributed by atoms with Crippen LogP contribution >= 0.6 is 0 Å². The van der Waals surface area contributed by atoms with Crippen LogP contribution in [0.5, 0.6) is 0 Å². The van der Waals surface area contributed by atoms with Crippen molar-refractivity contribution in [2.45, 2.75) is 12.1 Å². The number of benzene rings is 2. The first-order chi connectivity index (χ1) is 13.2. The van der Waals surface area contributed by atoms with Gasteiger partial charge in [-0.3, -0.25) is 0 Å². The number of aromatic nitrogens is 1. The first-order valence-electron chi connectivity index (χ1n) is 8.46. The molecule has 1 aliphatic heterocycles. The Morgan fingerprint density at radius 3 is 2.59 bits per heavy atom. The zero-order valence-corrected chi connectivity index (χ0v) is 14.2. The summed E-state index contributed by atoms with van der Waals surface area (Å²) < 4.78 is 18.7. The molecule has 1 saturated heterocycles. The van der Waals surface area contributed by atoms with Crippen molar-refractivity contribution in [1.82, 2.24) is 10.3 Å². The molecule has 4 nitrogen and oxygen atoms in total. The number of cyclic esters (lactones) is 1. The van der Waals surface area contributed by atoms with Crippen molar-refractivity contribution in [3.8, 4) is 11.8 Å². The van der Waals surface area contributed by atoms with Gasteiger partial charge < -0.3 is 10.1 Å². The van der Waals surface area contributed by atoms with Gasteiger partial charge in [0.2, 0.25) is 0 Å². The zero-order valence-electron chi connectivity index (χ0n) is 14.2. The summed E-state index contributed by atoms with van der Waals surface area (Å²) in [6.45, 7) is 0. The summed E-state index contributed by atoms with van der Waals surface area (Å²) in [5, 5.41) is 2.81. The number of nitrogens with one attached hydrogen (secondary N) is 1. The third kappa shape index (κ3) is 3.80. The molecule has 2 heterocycles. The van der Waals surface area contributed by atoms with Crippen LogP contribution < -0.4 is 5.32 Å². The van der Waals surface area contributed by atoms with Gasteiger partial charge >= 0.3 is 6.09 Å². The van der Waals surface area contributed by atoms with E-state index in [4.69, 9.17) is 4.74 Å². The molecule has 1 amide bonds. The quantitative estimate of drug-likeness (QED) is 0.701. The van der Waals surface area contributed by atoms with Crippen LogP contribution in [0.4, 0.5) is 9.18 Å². The van der Waals surface area contributed by atoms with Crippen molar-refractivity contribution in [3.63, 3.8) is 0 Å². The monoisotopic (exact) mass is 358 g/mol. The van der Waals surface area contributed by atoms with Gasteiger partial charge in [-0.25, -0.2) is 14.2 Å². The summed E-state index contributed by atoms with van der Waals surface area (Å²) in [4.78, 5) is 16.4. The van der Waals surface area contributed by atoms with E-state index < -0.39 is 18.2 Å². The fourth-order valence-corrected chi connectivity index (χ4v) is 2.95. The van der Waals surface area contributed by atoms with E-state index in [2.05, 4.69) is 22.1 Å². The van der Waals surface area contributed by atoms with Gasteiger partial charge in [0, 0.05) is 5.56 Å². The summed E-state index contributed by atoms with van der Waals surface area (Å²) in [7, 11) is 0. The number of hydrogen-bond donors (Lipinski definition) is 1. The number of hydrogen-bond acceptors (Lipinski definition) is 3. The summed E-state index contributed by atoms with van der Waals surface area (Å²) in [6.07, 6.45) is -0.940. The lowest BCUT2D eigenvalue weighted by Gasteiger charge is -2.16. The molecule has 0 unspecified atom stereocenters.